The van der Waals surface area contributed by atoms with Crippen molar-refractivity contribution in [1.29, 1.82) is 0 Å². The fourth-order valence-electron chi connectivity index (χ4n) is 3.58. The molecule has 1 aromatic heterocycles. The highest BCUT2D eigenvalue weighted by Gasteiger charge is 2.35. The van der Waals surface area contributed by atoms with Gasteiger partial charge in [-0.2, -0.15) is 0 Å². The number of hydrogen-bond donors (Lipinski definition) is 1. The van der Waals surface area contributed by atoms with E-state index in [2.05, 4.69) is 19.0 Å². The second-order valence-electron chi connectivity index (χ2n) is 7.86. The van der Waals surface area contributed by atoms with E-state index in [1.807, 2.05) is 0 Å². The molecule has 1 aromatic carbocycles. The average Bonchev–Trinajstić information content (AvgIpc) is 3.11. The predicted octanol–water partition coefficient (Wildman–Crippen LogP) is 2.80. The van der Waals surface area contributed by atoms with E-state index in [0.29, 0.717) is 31.2 Å². The number of hydrogen-bond acceptors (Lipinski definition) is 5. The molecular weight excluding hydrogens is 377 g/mol. The van der Waals surface area contributed by atoms with E-state index < -0.39 is 5.91 Å². The van der Waals surface area contributed by atoms with E-state index in [4.69, 9.17) is 15.0 Å². The fraction of sp³-hybridized carbons (Fsp3) is 0.476. The second kappa shape index (κ2) is 9.07. The van der Waals surface area contributed by atoms with E-state index in [0.717, 1.165) is 12.1 Å². The van der Waals surface area contributed by atoms with Crippen molar-refractivity contribution in [3.63, 3.8) is 0 Å². The molecule has 0 unspecified atom stereocenters. The molecule has 0 bridgehead atoms. The van der Waals surface area contributed by atoms with Crippen molar-refractivity contribution in [3.8, 4) is 5.75 Å². The summed E-state index contributed by atoms with van der Waals surface area (Å²) in [6.07, 6.45) is 1.04. The summed E-state index contributed by atoms with van der Waals surface area (Å²) in [5.41, 5.74) is 6.15. The molecule has 1 aliphatic rings. The van der Waals surface area contributed by atoms with Gasteiger partial charge >= 0.3 is 0 Å². The lowest BCUT2D eigenvalue weighted by molar-refractivity contribution is -0.120. The maximum Gasteiger partial charge on any atom is 0.292 e. The van der Waals surface area contributed by atoms with Crippen LogP contribution in [0.3, 0.4) is 0 Å². The molecule has 1 saturated heterocycles. The number of benzene rings is 1. The van der Waals surface area contributed by atoms with E-state index >= 15 is 0 Å². The van der Waals surface area contributed by atoms with Crippen molar-refractivity contribution in [3.05, 3.63) is 47.6 Å². The molecule has 0 radical (unpaired) electrons. The number of likely N-dealkylation sites (tertiary alicyclic amines) is 1. The quantitative estimate of drug-likeness (QED) is 0.766. The molecule has 0 spiro atoms. The lowest BCUT2D eigenvalue weighted by Gasteiger charge is -2.37. The number of aromatic nitrogens is 1. The van der Waals surface area contributed by atoms with Gasteiger partial charge in [0.2, 0.25) is 11.7 Å². The van der Waals surface area contributed by atoms with Crippen LogP contribution in [-0.4, -0.2) is 41.1 Å². The van der Waals surface area contributed by atoms with Crippen LogP contribution >= 0.6 is 0 Å². The average molecular weight is 403 g/mol. The lowest BCUT2D eigenvalue weighted by atomic mass is 9.91. The van der Waals surface area contributed by atoms with Gasteiger partial charge in [-0.3, -0.25) is 9.59 Å². The zero-order chi connectivity index (χ0) is 21.0. The van der Waals surface area contributed by atoms with Gasteiger partial charge in [0.25, 0.3) is 5.91 Å². The number of amides is 2. The molecule has 0 aliphatic carbocycles. The molecule has 1 aliphatic heterocycles. The Hall–Kier alpha value is -2.90. The molecule has 1 fully saturated rings. The van der Waals surface area contributed by atoms with Crippen LogP contribution in [0.1, 0.15) is 42.9 Å². The third-order valence-corrected chi connectivity index (χ3v) is 4.90. The van der Waals surface area contributed by atoms with Gasteiger partial charge in [-0.15, -0.1) is 0 Å². The van der Waals surface area contributed by atoms with Gasteiger partial charge in [0.1, 0.15) is 17.7 Å². The highest BCUT2D eigenvalue weighted by Crippen LogP contribution is 2.27. The Kier molecular flexibility index (Phi) is 6.51. The maximum atomic E-state index is 13.1. The lowest BCUT2D eigenvalue weighted by Crippen LogP contribution is -2.49. The Morgan fingerprint density at radius 2 is 2.07 bits per heavy atom. The zero-order valence-corrected chi connectivity index (χ0v) is 16.6. The van der Waals surface area contributed by atoms with Crippen LogP contribution in [0.15, 0.2) is 34.9 Å². The first-order chi connectivity index (χ1) is 13.8. The zero-order valence-electron chi connectivity index (χ0n) is 16.6. The largest absolute Gasteiger partial charge is 0.490 e. The van der Waals surface area contributed by atoms with Crippen LogP contribution in [0.25, 0.3) is 0 Å². The molecular formula is C21H26FN3O4. The molecule has 2 N–H and O–H groups in total. The summed E-state index contributed by atoms with van der Waals surface area (Å²) in [5.74, 6) is -0.236. The summed E-state index contributed by atoms with van der Waals surface area (Å²) in [4.78, 5) is 26.0. The molecule has 3 rings (SSSR count). The summed E-state index contributed by atoms with van der Waals surface area (Å²) in [5, 5.41) is 3.97. The molecule has 29 heavy (non-hydrogen) atoms. The Bertz CT molecular complexity index is 850. The smallest absolute Gasteiger partial charge is 0.292 e. The topological polar surface area (TPSA) is 98.7 Å². The summed E-state index contributed by atoms with van der Waals surface area (Å²) in [6, 6.07) is 7.38. The Morgan fingerprint density at radius 1 is 1.34 bits per heavy atom. The molecule has 2 amide bonds. The van der Waals surface area contributed by atoms with Crippen molar-refractivity contribution in [2.24, 2.45) is 17.6 Å². The summed E-state index contributed by atoms with van der Waals surface area (Å²) in [7, 11) is 0. The van der Waals surface area contributed by atoms with Crippen LogP contribution in [0.4, 0.5) is 4.39 Å². The van der Waals surface area contributed by atoms with Crippen molar-refractivity contribution in [1.82, 2.24) is 10.1 Å². The molecule has 2 atom stereocenters. The molecule has 2 aromatic rings. The van der Waals surface area contributed by atoms with Crippen LogP contribution in [0, 0.1) is 17.7 Å². The van der Waals surface area contributed by atoms with Crippen LogP contribution < -0.4 is 10.5 Å². The fourth-order valence-corrected chi connectivity index (χ4v) is 3.58. The second-order valence-corrected chi connectivity index (χ2v) is 7.86. The van der Waals surface area contributed by atoms with Crippen molar-refractivity contribution in [2.45, 2.75) is 39.2 Å². The van der Waals surface area contributed by atoms with Crippen molar-refractivity contribution < 1.29 is 23.2 Å². The number of nitrogens with two attached hydrogens (primary N) is 1. The number of primary amides is 1. The van der Waals surface area contributed by atoms with Gasteiger partial charge in [-0.05, 0) is 36.6 Å². The minimum atomic E-state index is -0.462. The summed E-state index contributed by atoms with van der Waals surface area (Å²) >= 11 is 0. The monoisotopic (exact) mass is 403 g/mol. The number of carbonyl (C=O) groups is 2. The maximum absolute atomic E-state index is 13.1. The van der Waals surface area contributed by atoms with Gasteiger partial charge in [0.05, 0.1) is 5.69 Å². The third kappa shape index (κ3) is 5.56. The Morgan fingerprint density at radius 3 is 2.72 bits per heavy atom. The van der Waals surface area contributed by atoms with Crippen molar-refractivity contribution in [2.75, 3.05) is 13.1 Å². The van der Waals surface area contributed by atoms with Gasteiger partial charge < -0.3 is 19.9 Å². The number of ether oxygens (including phenoxy) is 1. The van der Waals surface area contributed by atoms with Crippen LogP contribution in [0.5, 0.6) is 5.75 Å². The van der Waals surface area contributed by atoms with Crippen LogP contribution in [0.2, 0.25) is 0 Å². The first-order valence-corrected chi connectivity index (χ1v) is 9.77. The molecule has 7 nitrogen and oxygen atoms in total. The third-order valence-electron chi connectivity index (χ3n) is 4.90. The number of rotatable bonds is 7. The van der Waals surface area contributed by atoms with Gasteiger partial charge in [-0.1, -0.05) is 19.0 Å². The predicted molar refractivity (Wildman–Crippen MR) is 104 cm³/mol. The van der Waals surface area contributed by atoms with E-state index in [9.17, 15) is 14.0 Å². The first-order valence-electron chi connectivity index (χ1n) is 9.77. The molecule has 156 valence electrons. The van der Waals surface area contributed by atoms with E-state index in [-0.39, 0.29) is 35.9 Å². The Labute approximate surface area is 169 Å². The van der Waals surface area contributed by atoms with E-state index in [1.54, 1.807) is 23.1 Å². The van der Waals surface area contributed by atoms with Crippen LogP contribution in [-0.2, 0) is 11.2 Å². The number of carbonyl (C=O) groups excluding carboxylic acids is 2. The number of nitrogens with zero attached hydrogens (tertiary/aromatic N) is 2. The number of piperidine rings is 1. The molecule has 0 saturated carbocycles. The Balaban J connectivity index is 1.68. The minimum absolute atomic E-state index is 0.0879. The van der Waals surface area contributed by atoms with Gasteiger partial charge in [0, 0.05) is 37.9 Å². The van der Waals surface area contributed by atoms with Crippen molar-refractivity contribution >= 4 is 11.8 Å². The molecule has 2 heterocycles. The number of halogens is 1. The standard InChI is InChI=1S/C21H26FN3O4/c1-13(2)9-16-11-19(29-24-16)21(27)25-8-7-18(14(12-25)10-20(23)26)28-17-5-3-15(22)4-6-17/h3-6,11,13-14,18H,7-10,12H2,1-2H3,(H2,23,26)/t14-,18-/m0/s1. The normalized spacial score (nSPS) is 19.4. The van der Waals surface area contributed by atoms with Gasteiger partial charge in [-0.25, -0.2) is 4.39 Å². The SMILES string of the molecule is CC(C)Cc1cc(C(=O)N2CC[C@H](Oc3ccc(F)cc3)[C@@H](CC(N)=O)C2)on1. The first kappa shape index (κ1) is 20.8. The minimum Gasteiger partial charge on any atom is -0.490 e. The summed E-state index contributed by atoms with van der Waals surface area (Å²) in [6.45, 7) is 4.89. The van der Waals surface area contributed by atoms with Gasteiger partial charge in [0.15, 0.2) is 0 Å². The highest BCUT2D eigenvalue weighted by atomic mass is 19.1. The summed E-state index contributed by atoms with van der Waals surface area (Å²) < 4.78 is 24.3. The van der Waals surface area contributed by atoms with E-state index in [1.165, 1.54) is 12.1 Å². The highest BCUT2D eigenvalue weighted by molar-refractivity contribution is 5.91. The molecule has 8 heteroatoms.